The van der Waals surface area contributed by atoms with E-state index in [9.17, 15) is 0 Å². The highest BCUT2D eigenvalue weighted by Gasteiger charge is 2.39. The van der Waals surface area contributed by atoms with Gasteiger partial charge in [-0.05, 0) is 66.5 Å². The highest BCUT2D eigenvalue weighted by atomic mass is 127. The zero-order valence-electron chi connectivity index (χ0n) is 10.1. The Balaban J connectivity index is 1.95. The largest absolute Gasteiger partial charge is 0.334 e. The van der Waals surface area contributed by atoms with Gasteiger partial charge in [0.15, 0.2) is 5.82 Å². The number of nitrogens with two attached hydrogens (primary N) is 1. The molecule has 0 atom stereocenters. The fourth-order valence-corrected chi connectivity index (χ4v) is 2.57. The molecule has 0 aliphatic heterocycles. The minimum absolute atomic E-state index is 0.362. The number of rotatable bonds is 2. The van der Waals surface area contributed by atoms with Gasteiger partial charge in [-0.25, -0.2) is 0 Å². The summed E-state index contributed by atoms with van der Waals surface area (Å²) in [6.07, 6.45) is 3.03. The number of benzene rings is 1. The van der Waals surface area contributed by atoms with Crippen LogP contribution in [-0.2, 0) is 5.54 Å². The zero-order chi connectivity index (χ0) is 12.8. The van der Waals surface area contributed by atoms with Crippen LogP contribution in [0.15, 0.2) is 22.7 Å². The van der Waals surface area contributed by atoms with Gasteiger partial charge in [-0.3, -0.25) is 0 Å². The third-order valence-corrected chi connectivity index (χ3v) is 4.70. The molecule has 0 radical (unpaired) electrons. The third kappa shape index (κ3) is 1.95. The molecule has 0 unspecified atom stereocenters. The standard InChI is InChI=1S/C13H14IN3O/c1-8-3-4-9(7-10(8)14)11-16-12(17-18-11)13(15)5-2-6-13/h3-4,7H,2,5-6,15H2,1H3. The Bertz CT molecular complexity index is 590. The van der Waals surface area contributed by atoms with Crippen molar-refractivity contribution >= 4 is 22.6 Å². The number of aryl methyl sites for hydroxylation is 1. The summed E-state index contributed by atoms with van der Waals surface area (Å²) in [6, 6.07) is 6.11. The van der Waals surface area contributed by atoms with Crippen LogP contribution in [0.2, 0.25) is 0 Å². The number of nitrogens with zero attached hydrogens (tertiary/aromatic N) is 2. The summed E-state index contributed by atoms with van der Waals surface area (Å²) < 4.78 is 6.51. The van der Waals surface area contributed by atoms with E-state index in [1.54, 1.807) is 0 Å². The molecule has 1 fully saturated rings. The van der Waals surface area contributed by atoms with Crippen LogP contribution in [0.25, 0.3) is 11.5 Å². The molecule has 0 saturated heterocycles. The van der Waals surface area contributed by atoms with Gasteiger partial charge in [0.05, 0.1) is 5.54 Å². The maximum atomic E-state index is 6.18. The lowest BCUT2D eigenvalue weighted by atomic mass is 9.77. The Morgan fingerprint density at radius 2 is 2.17 bits per heavy atom. The average molecular weight is 355 g/mol. The predicted octanol–water partition coefficient (Wildman–Crippen LogP) is 2.99. The maximum Gasteiger partial charge on any atom is 0.258 e. The normalized spacial score (nSPS) is 17.5. The van der Waals surface area contributed by atoms with Crippen LogP contribution in [0, 0.1) is 10.5 Å². The molecule has 2 aromatic rings. The number of hydrogen-bond acceptors (Lipinski definition) is 4. The molecule has 18 heavy (non-hydrogen) atoms. The molecule has 1 heterocycles. The van der Waals surface area contributed by atoms with Crippen molar-refractivity contribution in [1.82, 2.24) is 10.1 Å². The first-order valence-electron chi connectivity index (χ1n) is 5.98. The second-order valence-electron chi connectivity index (χ2n) is 4.90. The van der Waals surface area contributed by atoms with Crippen molar-refractivity contribution in [2.45, 2.75) is 31.7 Å². The van der Waals surface area contributed by atoms with Crippen molar-refractivity contribution in [2.24, 2.45) is 5.73 Å². The van der Waals surface area contributed by atoms with E-state index in [4.69, 9.17) is 10.3 Å². The Labute approximate surface area is 119 Å². The fourth-order valence-electron chi connectivity index (χ4n) is 2.05. The van der Waals surface area contributed by atoms with Crippen LogP contribution < -0.4 is 5.73 Å². The van der Waals surface area contributed by atoms with Gasteiger partial charge in [-0.2, -0.15) is 4.98 Å². The summed E-state index contributed by atoms with van der Waals surface area (Å²) in [6.45, 7) is 2.08. The molecule has 2 N–H and O–H groups in total. The lowest BCUT2D eigenvalue weighted by Gasteiger charge is -2.34. The lowest BCUT2D eigenvalue weighted by molar-refractivity contribution is 0.229. The summed E-state index contributed by atoms with van der Waals surface area (Å²) in [5.41, 5.74) is 8.02. The van der Waals surface area contributed by atoms with Crippen molar-refractivity contribution < 1.29 is 4.52 Å². The summed E-state index contributed by atoms with van der Waals surface area (Å²) in [5, 5.41) is 4.02. The van der Waals surface area contributed by atoms with Gasteiger partial charge in [0.25, 0.3) is 5.89 Å². The van der Waals surface area contributed by atoms with Crippen molar-refractivity contribution in [2.75, 3.05) is 0 Å². The lowest BCUT2D eigenvalue weighted by Crippen LogP contribution is -2.44. The second kappa shape index (κ2) is 4.31. The van der Waals surface area contributed by atoms with Gasteiger partial charge in [0.2, 0.25) is 0 Å². The van der Waals surface area contributed by atoms with E-state index < -0.39 is 0 Å². The molecule has 4 nitrogen and oxygen atoms in total. The molecule has 1 saturated carbocycles. The Morgan fingerprint density at radius 1 is 1.39 bits per heavy atom. The topological polar surface area (TPSA) is 64.9 Å². The average Bonchev–Trinajstić information content (AvgIpc) is 2.79. The predicted molar refractivity (Wildman–Crippen MR) is 76.9 cm³/mol. The van der Waals surface area contributed by atoms with Crippen LogP contribution in [0.3, 0.4) is 0 Å². The number of aromatic nitrogens is 2. The van der Waals surface area contributed by atoms with E-state index in [-0.39, 0.29) is 5.54 Å². The zero-order valence-corrected chi connectivity index (χ0v) is 12.3. The first kappa shape index (κ1) is 12.1. The second-order valence-corrected chi connectivity index (χ2v) is 6.06. The van der Waals surface area contributed by atoms with Gasteiger partial charge >= 0.3 is 0 Å². The summed E-state index contributed by atoms with van der Waals surface area (Å²) >= 11 is 2.30. The van der Waals surface area contributed by atoms with E-state index >= 15 is 0 Å². The Kier molecular flexibility index (Phi) is 2.90. The van der Waals surface area contributed by atoms with Gasteiger partial charge in [0, 0.05) is 9.13 Å². The van der Waals surface area contributed by atoms with Gasteiger partial charge in [0.1, 0.15) is 0 Å². The van der Waals surface area contributed by atoms with Crippen LogP contribution >= 0.6 is 22.6 Å². The Morgan fingerprint density at radius 3 is 2.78 bits per heavy atom. The van der Waals surface area contributed by atoms with E-state index in [2.05, 4.69) is 51.8 Å². The highest BCUT2D eigenvalue weighted by Crippen LogP contribution is 2.37. The summed E-state index contributed by atoms with van der Waals surface area (Å²) in [7, 11) is 0. The summed E-state index contributed by atoms with van der Waals surface area (Å²) in [4.78, 5) is 4.44. The molecule has 5 heteroatoms. The van der Waals surface area contributed by atoms with Crippen molar-refractivity contribution in [3.05, 3.63) is 33.2 Å². The fraction of sp³-hybridized carbons (Fsp3) is 0.385. The monoisotopic (exact) mass is 355 g/mol. The molecule has 1 aliphatic carbocycles. The number of hydrogen-bond donors (Lipinski definition) is 1. The van der Waals surface area contributed by atoms with Crippen molar-refractivity contribution in [1.29, 1.82) is 0 Å². The van der Waals surface area contributed by atoms with Crippen LogP contribution in [-0.4, -0.2) is 10.1 Å². The molecule has 1 aromatic carbocycles. The Hall–Kier alpha value is -0.950. The molecule has 0 spiro atoms. The van der Waals surface area contributed by atoms with E-state index in [0.717, 1.165) is 24.8 Å². The van der Waals surface area contributed by atoms with E-state index in [1.807, 2.05) is 6.07 Å². The molecule has 0 amide bonds. The quantitative estimate of drug-likeness (QED) is 0.842. The van der Waals surface area contributed by atoms with E-state index in [1.165, 1.54) is 9.13 Å². The number of halogens is 1. The minimum Gasteiger partial charge on any atom is -0.334 e. The maximum absolute atomic E-state index is 6.18. The highest BCUT2D eigenvalue weighted by molar-refractivity contribution is 14.1. The van der Waals surface area contributed by atoms with Crippen molar-refractivity contribution in [3.8, 4) is 11.5 Å². The van der Waals surface area contributed by atoms with Crippen LogP contribution in [0.4, 0.5) is 0 Å². The van der Waals surface area contributed by atoms with E-state index in [0.29, 0.717) is 11.7 Å². The molecule has 1 aliphatic rings. The van der Waals surface area contributed by atoms with Gasteiger partial charge < -0.3 is 10.3 Å². The van der Waals surface area contributed by atoms with Gasteiger partial charge in [-0.15, -0.1) is 0 Å². The van der Waals surface area contributed by atoms with Crippen LogP contribution in [0.5, 0.6) is 0 Å². The first-order chi connectivity index (χ1) is 8.58. The smallest absolute Gasteiger partial charge is 0.258 e. The molecule has 1 aromatic heterocycles. The van der Waals surface area contributed by atoms with Gasteiger partial charge in [-0.1, -0.05) is 11.2 Å². The SMILES string of the molecule is Cc1ccc(-c2nc(C3(N)CCC3)no2)cc1I. The minimum atomic E-state index is -0.362. The first-order valence-corrected chi connectivity index (χ1v) is 7.06. The van der Waals surface area contributed by atoms with Crippen molar-refractivity contribution in [3.63, 3.8) is 0 Å². The molecule has 94 valence electrons. The molecular weight excluding hydrogens is 341 g/mol. The summed E-state index contributed by atoms with van der Waals surface area (Å²) in [5.74, 6) is 1.19. The third-order valence-electron chi connectivity index (χ3n) is 3.54. The molecule has 0 bridgehead atoms. The molecule has 3 rings (SSSR count). The molecular formula is C13H14IN3O. The van der Waals surface area contributed by atoms with Crippen LogP contribution in [0.1, 0.15) is 30.7 Å².